The molecule has 0 saturated carbocycles. The number of hydrogen-bond acceptors (Lipinski definition) is 4. The molecular formula is C14H30N4O. The van der Waals surface area contributed by atoms with Crippen LogP contribution < -0.4 is 5.73 Å². The standard InChI is InChI=1S/C14H30N4O/c1-12(2)11-17-5-7-18(8-6-17)13(10-15)9-14(19)16(3)4/h12-13H,5-11,15H2,1-4H3. The Balaban J connectivity index is 2.41. The predicted octanol–water partition coefficient (Wildman–Crippen LogP) is 0.0656. The Kier molecular flexibility index (Phi) is 6.75. The van der Waals surface area contributed by atoms with Crippen molar-refractivity contribution in [3.05, 3.63) is 0 Å². The second-order valence-electron chi connectivity index (χ2n) is 6.11. The van der Waals surface area contributed by atoms with Gasteiger partial charge in [-0.05, 0) is 5.92 Å². The highest BCUT2D eigenvalue weighted by atomic mass is 16.2. The van der Waals surface area contributed by atoms with Crippen LogP contribution in [0.2, 0.25) is 0 Å². The summed E-state index contributed by atoms with van der Waals surface area (Å²) in [7, 11) is 3.60. The van der Waals surface area contributed by atoms with E-state index >= 15 is 0 Å². The van der Waals surface area contributed by atoms with Gasteiger partial charge in [0.2, 0.25) is 5.91 Å². The number of carbonyl (C=O) groups is 1. The van der Waals surface area contributed by atoms with Crippen LogP contribution in [0.1, 0.15) is 20.3 Å². The highest BCUT2D eigenvalue weighted by Crippen LogP contribution is 2.11. The molecule has 0 aromatic rings. The molecule has 19 heavy (non-hydrogen) atoms. The lowest BCUT2D eigenvalue weighted by atomic mass is 10.1. The first-order valence-electron chi connectivity index (χ1n) is 7.30. The number of amides is 1. The van der Waals surface area contributed by atoms with Crippen LogP contribution in [-0.4, -0.2) is 80.0 Å². The largest absolute Gasteiger partial charge is 0.349 e. The van der Waals surface area contributed by atoms with E-state index in [1.807, 2.05) is 0 Å². The van der Waals surface area contributed by atoms with Crippen LogP contribution in [0.5, 0.6) is 0 Å². The second-order valence-corrected chi connectivity index (χ2v) is 6.11. The third-order valence-corrected chi connectivity index (χ3v) is 3.73. The molecule has 5 heteroatoms. The van der Waals surface area contributed by atoms with E-state index in [2.05, 4.69) is 23.6 Å². The zero-order chi connectivity index (χ0) is 14.4. The van der Waals surface area contributed by atoms with Crippen molar-refractivity contribution in [2.24, 2.45) is 11.7 Å². The van der Waals surface area contributed by atoms with E-state index in [0.29, 0.717) is 18.9 Å². The van der Waals surface area contributed by atoms with Gasteiger partial charge in [0.15, 0.2) is 0 Å². The molecule has 1 rings (SSSR count). The van der Waals surface area contributed by atoms with E-state index in [1.165, 1.54) is 0 Å². The van der Waals surface area contributed by atoms with Gasteiger partial charge in [-0.1, -0.05) is 13.8 Å². The Morgan fingerprint density at radius 1 is 1.21 bits per heavy atom. The summed E-state index contributed by atoms with van der Waals surface area (Å²) in [5, 5.41) is 0. The summed E-state index contributed by atoms with van der Waals surface area (Å²) in [6, 6.07) is 0.191. The number of rotatable bonds is 6. The molecular weight excluding hydrogens is 240 g/mol. The van der Waals surface area contributed by atoms with Gasteiger partial charge in [0.1, 0.15) is 0 Å². The molecule has 1 amide bonds. The lowest BCUT2D eigenvalue weighted by Crippen LogP contribution is -2.53. The first-order valence-corrected chi connectivity index (χ1v) is 7.30. The molecule has 1 fully saturated rings. The average molecular weight is 270 g/mol. The Bertz CT molecular complexity index is 273. The molecule has 1 saturated heterocycles. The first-order chi connectivity index (χ1) is 8.93. The Morgan fingerprint density at radius 2 is 1.79 bits per heavy atom. The van der Waals surface area contributed by atoms with E-state index < -0.39 is 0 Å². The molecule has 0 aromatic carbocycles. The predicted molar refractivity (Wildman–Crippen MR) is 79.0 cm³/mol. The first kappa shape index (κ1) is 16.4. The number of nitrogens with zero attached hydrogens (tertiary/aromatic N) is 3. The van der Waals surface area contributed by atoms with E-state index in [9.17, 15) is 4.79 Å². The lowest BCUT2D eigenvalue weighted by Gasteiger charge is -2.39. The quantitative estimate of drug-likeness (QED) is 0.742. The molecule has 112 valence electrons. The Hall–Kier alpha value is -0.650. The monoisotopic (exact) mass is 270 g/mol. The minimum Gasteiger partial charge on any atom is -0.349 e. The minimum atomic E-state index is 0.167. The fourth-order valence-electron chi connectivity index (χ4n) is 2.57. The van der Waals surface area contributed by atoms with Crippen molar-refractivity contribution in [2.75, 3.05) is 53.4 Å². The molecule has 0 radical (unpaired) electrons. The maximum Gasteiger partial charge on any atom is 0.223 e. The highest BCUT2D eigenvalue weighted by Gasteiger charge is 2.25. The molecule has 0 aromatic heterocycles. The van der Waals surface area contributed by atoms with Crippen molar-refractivity contribution < 1.29 is 4.79 Å². The van der Waals surface area contributed by atoms with Crippen molar-refractivity contribution in [2.45, 2.75) is 26.3 Å². The zero-order valence-electron chi connectivity index (χ0n) is 12.9. The molecule has 2 N–H and O–H groups in total. The molecule has 5 nitrogen and oxygen atoms in total. The number of piperazine rings is 1. The van der Waals surface area contributed by atoms with Gasteiger partial charge in [-0.3, -0.25) is 9.69 Å². The van der Waals surface area contributed by atoms with Gasteiger partial charge in [0.05, 0.1) is 0 Å². The summed E-state index contributed by atoms with van der Waals surface area (Å²) in [5.74, 6) is 0.882. The third kappa shape index (κ3) is 5.47. The fraction of sp³-hybridized carbons (Fsp3) is 0.929. The summed E-state index contributed by atoms with van der Waals surface area (Å²) in [4.78, 5) is 18.3. The average Bonchev–Trinajstić information content (AvgIpc) is 2.36. The van der Waals surface area contributed by atoms with Gasteiger partial charge >= 0.3 is 0 Å². The Labute approximate surface area is 117 Å². The summed E-state index contributed by atoms with van der Waals surface area (Å²) in [6.07, 6.45) is 0.535. The van der Waals surface area contributed by atoms with Gasteiger partial charge in [0, 0.05) is 65.8 Å². The maximum absolute atomic E-state index is 11.8. The number of nitrogens with two attached hydrogens (primary N) is 1. The van der Waals surface area contributed by atoms with Crippen LogP contribution in [0, 0.1) is 5.92 Å². The van der Waals surface area contributed by atoms with E-state index in [-0.39, 0.29) is 11.9 Å². The Morgan fingerprint density at radius 3 is 2.21 bits per heavy atom. The molecule has 0 spiro atoms. The molecule has 1 heterocycles. The van der Waals surface area contributed by atoms with Crippen LogP contribution >= 0.6 is 0 Å². The SMILES string of the molecule is CC(C)CN1CCN(C(CN)CC(=O)N(C)C)CC1. The minimum absolute atomic E-state index is 0.167. The molecule has 0 bridgehead atoms. The van der Waals surface area contributed by atoms with Gasteiger partial charge in [-0.2, -0.15) is 0 Å². The number of carbonyl (C=O) groups excluding carboxylic acids is 1. The van der Waals surface area contributed by atoms with Crippen molar-refractivity contribution in [1.82, 2.24) is 14.7 Å². The van der Waals surface area contributed by atoms with Crippen molar-refractivity contribution >= 4 is 5.91 Å². The highest BCUT2D eigenvalue weighted by molar-refractivity contribution is 5.76. The zero-order valence-corrected chi connectivity index (χ0v) is 12.9. The van der Waals surface area contributed by atoms with Crippen molar-refractivity contribution in [1.29, 1.82) is 0 Å². The molecule has 1 aliphatic rings. The van der Waals surface area contributed by atoms with Crippen LogP contribution in [0.4, 0.5) is 0 Å². The van der Waals surface area contributed by atoms with E-state index in [0.717, 1.165) is 32.7 Å². The van der Waals surface area contributed by atoms with Crippen LogP contribution in [-0.2, 0) is 4.79 Å². The van der Waals surface area contributed by atoms with Crippen LogP contribution in [0.25, 0.3) is 0 Å². The van der Waals surface area contributed by atoms with Crippen LogP contribution in [0.15, 0.2) is 0 Å². The van der Waals surface area contributed by atoms with Crippen LogP contribution in [0.3, 0.4) is 0 Å². The summed E-state index contributed by atoms with van der Waals surface area (Å²) in [6.45, 7) is 10.5. The third-order valence-electron chi connectivity index (χ3n) is 3.73. The normalized spacial score (nSPS) is 19.7. The van der Waals surface area contributed by atoms with Crippen molar-refractivity contribution in [3.8, 4) is 0 Å². The van der Waals surface area contributed by atoms with E-state index in [4.69, 9.17) is 5.73 Å². The summed E-state index contributed by atoms with van der Waals surface area (Å²) < 4.78 is 0. The van der Waals surface area contributed by atoms with Crippen molar-refractivity contribution in [3.63, 3.8) is 0 Å². The number of hydrogen-bond donors (Lipinski definition) is 1. The lowest BCUT2D eigenvalue weighted by molar-refractivity contribution is -0.130. The summed E-state index contributed by atoms with van der Waals surface area (Å²) in [5.41, 5.74) is 5.84. The fourth-order valence-corrected chi connectivity index (χ4v) is 2.57. The van der Waals surface area contributed by atoms with E-state index in [1.54, 1.807) is 19.0 Å². The molecule has 0 aliphatic carbocycles. The van der Waals surface area contributed by atoms with Gasteiger partial charge in [-0.15, -0.1) is 0 Å². The second kappa shape index (κ2) is 7.82. The smallest absolute Gasteiger partial charge is 0.223 e. The molecule has 1 atom stereocenters. The van der Waals surface area contributed by atoms with Gasteiger partial charge in [0.25, 0.3) is 0 Å². The molecule has 1 unspecified atom stereocenters. The maximum atomic E-state index is 11.8. The topological polar surface area (TPSA) is 52.8 Å². The summed E-state index contributed by atoms with van der Waals surface area (Å²) >= 11 is 0. The van der Waals surface area contributed by atoms with Gasteiger partial charge in [-0.25, -0.2) is 0 Å². The van der Waals surface area contributed by atoms with Gasteiger partial charge < -0.3 is 15.5 Å². The molecule has 1 aliphatic heterocycles.